The first-order chi connectivity index (χ1) is 39.3. The van der Waals surface area contributed by atoms with E-state index >= 15 is 0 Å². The van der Waals surface area contributed by atoms with Crippen LogP contribution < -0.4 is 0 Å². The van der Waals surface area contributed by atoms with Crippen LogP contribution in [0.15, 0.2) is 203 Å². The normalized spacial score (nSPS) is 13.6. The molecule has 13 rings (SSSR count). The van der Waals surface area contributed by atoms with Crippen molar-refractivity contribution in [1.29, 1.82) is 0 Å². The third kappa shape index (κ3) is 14.2. The van der Waals surface area contributed by atoms with E-state index in [2.05, 4.69) is 253 Å². The van der Waals surface area contributed by atoms with Crippen molar-refractivity contribution in [1.82, 2.24) is 34.1 Å². The fraction of sp³-hybridized carbons (Fsp3) is 0.315. The number of imidazole rings is 2. The minimum absolute atomic E-state index is 0.00879. The molecule has 83 heavy (non-hydrogen) atoms. The van der Waals surface area contributed by atoms with E-state index in [1.807, 2.05) is 54.6 Å². The number of para-hydroxylation sites is 5. The van der Waals surface area contributed by atoms with Gasteiger partial charge in [-0.05, 0) is 88.8 Å². The van der Waals surface area contributed by atoms with Gasteiger partial charge in [-0.25, -0.2) is 34.9 Å². The smallest absolute Gasteiger partial charge is 0.178 e. The Morgan fingerprint density at radius 3 is 1.30 bits per heavy atom. The van der Waals surface area contributed by atoms with Crippen LogP contribution >= 0.6 is 0 Å². The Hall–Kier alpha value is -8.50. The summed E-state index contributed by atoms with van der Waals surface area (Å²) in [6.07, 6.45) is 8.27. The Morgan fingerprint density at radius 2 is 0.795 bits per heavy atom. The van der Waals surface area contributed by atoms with E-state index < -0.39 is 0 Å². The topological polar surface area (TPSA) is 111 Å². The monoisotopic (exact) mass is 1100 g/mol. The van der Waals surface area contributed by atoms with Crippen LogP contribution in [0.1, 0.15) is 143 Å². The van der Waals surface area contributed by atoms with Crippen LogP contribution in [-0.2, 0) is 35.5 Å². The molecular weight excluding hydrogens is 1020 g/mol. The van der Waals surface area contributed by atoms with Crippen LogP contribution in [0.25, 0.3) is 33.6 Å². The predicted octanol–water partition coefficient (Wildman–Crippen LogP) is 18.2. The molecule has 0 radical (unpaired) electrons. The molecule has 0 fully saturated rings. The third-order valence-electron chi connectivity index (χ3n) is 14.7. The van der Waals surface area contributed by atoms with Crippen LogP contribution in [-0.4, -0.2) is 51.2 Å². The summed E-state index contributed by atoms with van der Waals surface area (Å²) in [4.78, 5) is 36.2. The first-order valence-electron chi connectivity index (χ1n) is 29.1. The molecule has 0 amide bonds. The summed E-state index contributed by atoms with van der Waals surface area (Å²) in [5.41, 5.74) is 18.1. The number of hydrogen-bond acceptors (Lipinski definition) is 8. The number of rotatable bonds is 3. The first kappa shape index (κ1) is 59.1. The van der Waals surface area contributed by atoms with Gasteiger partial charge in [0.1, 0.15) is 11.6 Å². The van der Waals surface area contributed by atoms with Crippen molar-refractivity contribution in [3.05, 3.63) is 228 Å². The maximum Gasteiger partial charge on any atom is 0.178 e. The van der Waals surface area contributed by atoms with Crippen molar-refractivity contribution >= 4 is 56.7 Å². The number of pyridine rings is 3. The Labute approximate surface area is 492 Å². The first-order valence-corrected chi connectivity index (χ1v) is 29.1. The molecule has 0 N–H and O–H groups in total. The van der Waals surface area contributed by atoms with Gasteiger partial charge in [0, 0.05) is 93.4 Å². The predicted molar refractivity (Wildman–Crippen MR) is 348 cm³/mol. The van der Waals surface area contributed by atoms with Crippen molar-refractivity contribution in [2.75, 3.05) is 0 Å². The highest BCUT2D eigenvalue weighted by Crippen LogP contribution is 2.35. The van der Waals surface area contributed by atoms with E-state index in [0.717, 1.165) is 70.6 Å². The van der Waals surface area contributed by atoms with Gasteiger partial charge >= 0.3 is 0 Å². The molecule has 0 aliphatic carbocycles. The highest BCUT2D eigenvalue weighted by Gasteiger charge is 2.28. The number of benzene rings is 5. The average molecular weight is 1100 g/mol. The standard InChI is InChI=1S/C18H19N.C17H18N2.C16H17N3.2C11H14N2/c1-18(2,3)15-10-8-13(9-11-15)17-12-14-6-4-5-7-16(14)19-17;1-17(2,3)16-18-14-11-7-8-12-15(14)19(16)13-9-5-4-6-10-13;1-16(2,3)15-18-14-13(10-7-11-17-14)19(15)12-8-5-4-6-9-12;2*1-11(2,3)9-7-8-5-4-6-12-10(8)13-9/h4-11H,12H2,1-3H3;4-12H,1-3H3;4-11H,1-3H3;2*4-6H,7H2,1-3H3. The molecule has 3 aliphatic rings. The fourth-order valence-corrected chi connectivity index (χ4v) is 9.99. The largest absolute Gasteiger partial charge is 0.296 e. The Bertz CT molecular complexity index is 3740. The van der Waals surface area contributed by atoms with Crippen molar-refractivity contribution in [3.8, 4) is 11.4 Å². The zero-order chi connectivity index (χ0) is 59.3. The molecule has 0 saturated carbocycles. The summed E-state index contributed by atoms with van der Waals surface area (Å²) < 4.78 is 4.46. The third-order valence-corrected chi connectivity index (χ3v) is 14.7. The molecule has 0 spiro atoms. The van der Waals surface area contributed by atoms with Gasteiger partial charge in [0.15, 0.2) is 17.3 Å². The second-order valence-electron chi connectivity index (χ2n) is 26.7. The van der Waals surface area contributed by atoms with Crippen LogP contribution in [0.2, 0.25) is 0 Å². The summed E-state index contributed by atoms with van der Waals surface area (Å²) in [5, 5.41) is 0. The van der Waals surface area contributed by atoms with E-state index in [1.54, 1.807) is 18.6 Å². The quantitative estimate of drug-likeness (QED) is 0.175. The van der Waals surface area contributed by atoms with Gasteiger partial charge in [-0.1, -0.05) is 207 Å². The molecule has 0 atom stereocenters. The lowest BCUT2D eigenvalue weighted by Gasteiger charge is -2.20. The number of nitrogens with zero attached hydrogens (tertiary/aromatic N) is 10. The summed E-state index contributed by atoms with van der Waals surface area (Å²) in [6.45, 7) is 33.0. The highest BCUT2D eigenvalue weighted by molar-refractivity contribution is 6.06. The summed E-state index contributed by atoms with van der Waals surface area (Å²) >= 11 is 0. The second kappa shape index (κ2) is 24.1. The molecule has 5 aromatic carbocycles. The van der Waals surface area contributed by atoms with Crippen molar-refractivity contribution < 1.29 is 0 Å². The van der Waals surface area contributed by atoms with Crippen LogP contribution in [0.5, 0.6) is 0 Å². The molecule has 0 bridgehead atoms. The van der Waals surface area contributed by atoms with Crippen molar-refractivity contribution in [3.63, 3.8) is 0 Å². The lowest BCUT2D eigenvalue weighted by molar-refractivity contribution is 0.539. The summed E-state index contributed by atoms with van der Waals surface area (Å²) in [5.74, 6) is 3.95. The zero-order valence-electron chi connectivity index (χ0n) is 51.5. The Balaban J connectivity index is 0.000000126. The van der Waals surface area contributed by atoms with Gasteiger partial charge in [0.25, 0.3) is 0 Å². The maximum atomic E-state index is 4.82. The van der Waals surface area contributed by atoms with E-state index in [-0.39, 0.29) is 27.1 Å². The SMILES string of the molecule is CC(C)(C)C1=Nc2ncccc2C1.CC(C)(C)C1=Nc2ncccc2C1.CC(C)(C)c1ccc(C2=Nc3ccccc3C2)cc1.CC(C)(C)c1nc2ccccc2n1-c1ccccc1.CC(C)(C)c1nc2ncccc2n1-c1ccccc1. The molecule has 3 aliphatic heterocycles. The molecule has 10 nitrogen and oxygen atoms in total. The molecule has 8 heterocycles. The highest BCUT2D eigenvalue weighted by atomic mass is 15.1. The van der Waals surface area contributed by atoms with Crippen molar-refractivity contribution in [2.45, 2.75) is 139 Å². The fourth-order valence-electron chi connectivity index (χ4n) is 9.99. The van der Waals surface area contributed by atoms with Crippen LogP contribution in [0.4, 0.5) is 17.3 Å². The number of aromatic nitrogens is 7. The lowest BCUT2D eigenvalue weighted by atomic mass is 9.86. The summed E-state index contributed by atoms with van der Waals surface area (Å²) in [6, 6.07) is 58.5. The minimum Gasteiger partial charge on any atom is -0.296 e. The van der Waals surface area contributed by atoms with Gasteiger partial charge in [-0.3, -0.25) is 14.1 Å². The minimum atomic E-state index is -0.0312. The Kier molecular flexibility index (Phi) is 17.2. The number of aliphatic imine (C=N–C) groups is 3. The molecular formula is C73H82N10. The van der Waals surface area contributed by atoms with E-state index in [4.69, 9.17) is 15.0 Å². The van der Waals surface area contributed by atoms with Gasteiger partial charge in [-0.2, -0.15) is 0 Å². The van der Waals surface area contributed by atoms with Crippen molar-refractivity contribution in [2.24, 2.45) is 25.8 Å². The molecule has 0 saturated heterocycles. The van der Waals surface area contributed by atoms with E-state index in [1.165, 1.54) is 56.2 Å². The molecule has 424 valence electrons. The Morgan fingerprint density at radius 1 is 0.349 bits per heavy atom. The van der Waals surface area contributed by atoms with Crippen LogP contribution in [0, 0.1) is 10.8 Å². The average Bonchev–Trinajstić information content (AvgIpc) is 4.53. The van der Waals surface area contributed by atoms with Crippen LogP contribution in [0.3, 0.4) is 0 Å². The maximum absolute atomic E-state index is 4.82. The second-order valence-corrected chi connectivity index (χ2v) is 26.7. The van der Waals surface area contributed by atoms with Gasteiger partial charge in [-0.15, -0.1) is 0 Å². The van der Waals surface area contributed by atoms with E-state index in [0.29, 0.717) is 0 Å². The summed E-state index contributed by atoms with van der Waals surface area (Å²) in [7, 11) is 0. The van der Waals surface area contributed by atoms with E-state index in [9.17, 15) is 0 Å². The molecule has 5 aromatic heterocycles. The molecule has 0 unspecified atom stereocenters. The molecule has 10 aromatic rings. The number of hydrogen-bond donors (Lipinski definition) is 0. The number of fused-ring (bicyclic) bond motifs is 5. The van der Waals surface area contributed by atoms with Gasteiger partial charge in [0.05, 0.1) is 27.9 Å². The zero-order valence-corrected chi connectivity index (χ0v) is 51.5. The molecule has 10 heteroatoms. The lowest BCUT2D eigenvalue weighted by Crippen LogP contribution is -2.19. The van der Waals surface area contributed by atoms with Gasteiger partial charge < -0.3 is 0 Å². The van der Waals surface area contributed by atoms with Gasteiger partial charge in [0.2, 0.25) is 0 Å².